The molecule has 6 nitrogen and oxygen atoms in total. The molecule has 0 aliphatic carbocycles. The monoisotopic (exact) mass is 899 g/mol. The van der Waals surface area contributed by atoms with E-state index in [9.17, 15) is 14.4 Å². The second-order valence-corrected chi connectivity index (χ2v) is 18.8. The Labute approximate surface area is 397 Å². The highest BCUT2D eigenvalue weighted by Crippen LogP contribution is 2.16. The minimum Gasteiger partial charge on any atom is -0.462 e. The zero-order valence-electron chi connectivity index (χ0n) is 42.8. The summed E-state index contributed by atoms with van der Waals surface area (Å²) in [6.07, 6.45) is 62.7. The van der Waals surface area contributed by atoms with Crippen LogP contribution in [0.5, 0.6) is 0 Å². The molecular formula is C58H106O6. The number of hydrogen-bond donors (Lipinski definition) is 0. The van der Waals surface area contributed by atoms with Crippen LogP contribution in [0.2, 0.25) is 0 Å². The third kappa shape index (κ3) is 50.6. The van der Waals surface area contributed by atoms with Gasteiger partial charge >= 0.3 is 17.9 Å². The second-order valence-electron chi connectivity index (χ2n) is 18.8. The molecule has 0 aromatic rings. The Balaban J connectivity index is 4.32. The fourth-order valence-electron chi connectivity index (χ4n) is 8.12. The van der Waals surface area contributed by atoms with Gasteiger partial charge < -0.3 is 14.2 Å². The van der Waals surface area contributed by atoms with Crippen molar-refractivity contribution in [2.24, 2.45) is 0 Å². The van der Waals surface area contributed by atoms with Crippen LogP contribution in [0, 0.1) is 0 Å². The van der Waals surface area contributed by atoms with Gasteiger partial charge in [0.05, 0.1) is 0 Å². The standard InChI is InChI=1S/C58H106O6/c1-4-7-10-13-16-19-22-25-27-28-29-30-31-34-36-39-42-45-48-51-57(60)63-54-55(53-62-56(59)50-47-44-41-38-35-32-24-21-18-15-12-9-6-3)64-58(61)52-49-46-43-40-37-33-26-23-20-17-14-11-8-5-2/h12,15,21,24-25,27,55H,4-11,13-14,16-20,22-23,26,28-54H2,1-3H3/b15-12-,24-21-,27-25-. The van der Waals surface area contributed by atoms with Crippen molar-refractivity contribution in [3.63, 3.8) is 0 Å². The number of hydrogen-bond acceptors (Lipinski definition) is 6. The molecule has 0 rings (SSSR count). The molecule has 64 heavy (non-hydrogen) atoms. The predicted molar refractivity (Wildman–Crippen MR) is 275 cm³/mol. The molecule has 0 aromatic carbocycles. The van der Waals surface area contributed by atoms with Crippen molar-refractivity contribution in [2.75, 3.05) is 13.2 Å². The molecule has 0 bridgehead atoms. The first kappa shape index (κ1) is 61.6. The van der Waals surface area contributed by atoms with Gasteiger partial charge in [0, 0.05) is 19.3 Å². The Kier molecular flexibility index (Phi) is 51.3. The van der Waals surface area contributed by atoms with Gasteiger partial charge in [-0.25, -0.2) is 0 Å². The number of allylic oxidation sites excluding steroid dienone is 6. The quantitative estimate of drug-likeness (QED) is 0.0262. The maximum Gasteiger partial charge on any atom is 0.306 e. The van der Waals surface area contributed by atoms with Crippen LogP contribution in [-0.4, -0.2) is 37.2 Å². The van der Waals surface area contributed by atoms with E-state index in [4.69, 9.17) is 14.2 Å². The van der Waals surface area contributed by atoms with Crippen molar-refractivity contribution in [3.8, 4) is 0 Å². The third-order valence-electron chi connectivity index (χ3n) is 12.3. The molecule has 0 amide bonds. The zero-order chi connectivity index (χ0) is 46.5. The van der Waals surface area contributed by atoms with Gasteiger partial charge in [0.2, 0.25) is 0 Å². The summed E-state index contributed by atoms with van der Waals surface area (Å²) < 4.78 is 16.8. The van der Waals surface area contributed by atoms with E-state index in [2.05, 4.69) is 57.2 Å². The van der Waals surface area contributed by atoms with E-state index in [1.165, 1.54) is 173 Å². The summed E-state index contributed by atoms with van der Waals surface area (Å²) in [7, 11) is 0. The molecule has 0 aliphatic rings. The lowest BCUT2D eigenvalue weighted by molar-refractivity contribution is -0.167. The van der Waals surface area contributed by atoms with Gasteiger partial charge in [-0.15, -0.1) is 0 Å². The van der Waals surface area contributed by atoms with Crippen molar-refractivity contribution in [1.29, 1.82) is 0 Å². The lowest BCUT2D eigenvalue weighted by Gasteiger charge is -2.18. The summed E-state index contributed by atoms with van der Waals surface area (Å²) >= 11 is 0. The minimum absolute atomic E-state index is 0.0744. The number of ether oxygens (including phenoxy) is 3. The molecule has 0 aromatic heterocycles. The molecule has 0 saturated heterocycles. The van der Waals surface area contributed by atoms with Gasteiger partial charge in [-0.3, -0.25) is 14.4 Å². The molecule has 0 heterocycles. The van der Waals surface area contributed by atoms with E-state index in [0.29, 0.717) is 19.3 Å². The van der Waals surface area contributed by atoms with Crippen LogP contribution in [0.3, 0.4) is 0 Å². The lowest BCUT2D eigenvalue weighted by atomic mass is 10.0. The molecule has 0 radical (unpaired) electrons. The van der Waals surface area contributed by atoms with E-state index >= 15 is 0 Å². The van der Waals surface area contributed by atoms with Gasteiger partial charge in [0.15, 0.2) is 6.10 Å². The highest BCUT2D eigenvalue weighted by molar-refractivity contribution is 5.71. The number of rotatable bonds is 51. The van der Waals surface area contributed by atoms with Gasteiger partial charge in [-0.1, -0.05) is 243 Å². The Hall–Kier alpha value is -2.37. The second kappa shape index (κ2) is 53.2. The van der Waals surface area contributed by atoms with E-state index in [1.807, 2.05) is 0 Å². The van der Waals surface area contributed by atoms with Crippen LogP contribution >= 0.6 is 0 Å². The van der Waals surface area contributed by atoms with Crippen LogP contribution in [-0.2, 0) is 28.6 Å². The van der Waals surface area contributed by atoms with Crippen molar-refractivity contribution >= 4 is 17.9 Å². The van der Waals surface area contributed by atoms with Crippen LogP contribution in [0.1, 0.15) is 297 Å². The first-order valence-corrected chi connectivity index (χ1v) is 28.0. The maximum absolute atomic E-state index is 12.8. The van der Waals surface area contributed by atoms with Crippen molar-refractivity contribution < 1.29 is 28.6 Å². The fourth-order valence-corrected chi connectivity index (χ4v) is 8.12. The van der Waals surface area contributed by atoms with Gasteiger partial charge in [-0.2, -0.15) is 0 Å². The Morgan fingerprint density at radius 3 is 0.938 bits per heavy atom. The minimum atomic E-state index is -0.775. The lowest BCUT2D eigenvalue weighted by Crippen LogP contribution is -2.30. The predicted octanol–water partition coefficient (Wildman–Crippen LogP) is 18.5. The van der Waals surface area contributed by atoms with E-state index < -0.39 is 6.10 Å². The van der Waals surface area contributed by atoms with Crippen molar-refractivity contribution in [2.45, 2.75) is 303 Å². The summed E-state index contributed by atoms with van der Waals surface area (Å²) in [4.78, 5) is 38.1. The van der Waals surface area contributed by atoms with Crippen LogP contribution < -0.4 is 0 Å². The summed E-state index contributed by atoms with van der Waals surface area (Å²) in [6, 6.07) is 0. The molecule has 0 spiro atoms. The number of carbonyl (C=O) groups excluding carboxylic acids is 3. The number of esters is 3. The van der Waals surface area contributed by atoms with Crippen LogP contribution in [0.25, 0.3) is 0 Å². The van der Waals surface area contributed by atoms with E-state index in [-0.39, 0.29) is 31.1 Å². The maximum atomic E-state index is 12.8. The normalized spacial score (nSPS) is 12.2. The molecule has 6 heteroatoms. The summed E-state index contributed by atoms with van der Waals surface area (Å²) in [6.45, 7) is 6.59. The Morgan fingerprint density at radius 2 is 0.594 bits per heavy atom. The van der Waals surface area contributed by atoms with Gasteiger partial charge in [0.1, 0.15) is 13.2 Å². The van der Waals surface area contributed by atoms with Crippen LogP contribution in [0.4, 0.5) is 0 Å². The smallest absolute Gasteiger partial charge is 0.306 e. The average molecular weight is 899 g/mol. The van der Waals surface area contributed by atoms with Gasteiger partial charge in [-0.05, 0) is 70.6 Å². The zero-order valence-corrected chi connectivity index (χ0v) is 42.8. The summed E-state index contributed by atoms with van der Waals surface area (Å²) in [5.41, 5.74) is 0. The molecule has 1 unspecified atom stereocenters. The molecular weight excluding hydrogens is 793 g/mol. The SMILES string of the molecule is CCC/C=C\C/C=C\CCCCCCCC(=O)OCC(COC(=O)CCCCCCCCCCC/C=C\CCCCCCCC)OC(=O)CCCCCCCCCCCCCCCC. The van der Waals surface area contributed by atoms with Crippen molar-refractivity contribution in [1.82, 2.24) is 0 Å². The first-order valence-electron chi connectivity index (χ1n) is 28.0. The number of unbranched alkanes of at least 4 members (excludes halogenated alkanes) is 34. The molecule has 374 valence electrons. The first-order chi connectivity index (χ1) is 31.5. The third-order valence-corrected chi connectivity index (χ3v) is 12.3. The van der Waals surface area contributed by atoms with E-state index in [0.717, 1.165) is 83.5 Å². The average Bonchev–Trinajstić information content (AvgIpc) is 3.29. The van der Waals surface area contributed by atoms with Crippen molar-refractivity contribution in [3.05, 3.63) is 36.5 Å². The highest BCUT2D eigenvalue weighted by Gasteiger charge is 2.19. The Morgan fingerprint density at radius 1 is 0.312 bits per heavy atom. The summed E-state index contributed by atoms with van der Waals surface area (Å²) in [5, 5.41) is 0. The molecule has 0 fully saturated rings. The molecule has 0 N–H and O–H groups in total. The molecule has 0 aliphatic heterocycles. The van der Waals surface area contributed by atoms with E-state index in [1.54, 1.807) is 0 Å². The fraction of sp³-hybridized carbons (Fsp3) is 0.845. The van der Waals surface area contributed by atoms with Gasteiger partial charge in [0.25, 0.3) is 0 Å². The Bertz CT molecular complexity index is 1080. The molecule has 0 saturated carbocycles. The summed E-state index contributed by atoms with van der Waals surface area (Å²) in [5.74, 6) is -0.876. The van der Waals surface area contributed by atoms with Crippen LogP contribution in [0.15, 0.2) is 36.5 Å². The largest absolute Gasteiger partial charge is 0.462 e. The number of carbonyl (C=O) groups is 3. The highest BCUT2D eigenvalue weighted by atomic mass is 16.6. The topological polar surface area (TPSA) is 78.9 Å². The molecule has 1 atom stereocenters.